The van der Waals surface area contributed by atoms with E-state index in [1.807, 2.05) is 6.20 Å². The Morgan fingerprint density at radius 2 is 2.33 bits per heavy atom. The SMILES string of the molecule is CC(C)C1=CNC(NCC(O)CO)=NC1. The normalized spacial score (nSPS) is 17.9. The number of hydrogen-bond donors (Lipinski definition) is 4. The van der Waals surface area contributed by atoms with Crippen LogP contribution in [0.25, 0.3) is 0 Å². The fraction of sp³-hybridized carbons (Fsp3) is 0.700. The van der Waals surface area contributed by atoms with Gasteiger partial charge in [-0.2, -0.15) is 0 Å². The van der Waals surface area contributed by atoms with Crippen molar-refractivity contribution in [2.45, 2.75) is 20.0 Å². The van der Waals surface area contributed by atoms with Crippen LogP contribution in [-0.4, -0.2) is 42.0 Å². The lowest BCUT2D eigenvalue weighted by Crippen LogP contribution is -2.41. The Kier molecular flexibility index (Phi) is 4.58. The summed E-state index contributed by atoms with van der Waals surface area (Å²) < 4.78 is 0. The molecule has 15 heavy (non-hydrogen) atoms. The van der Waals surface area contributed by atoms with E-state index in [0.29, 0.717) is 25.0 Å². The number of hydrogen-bond acceptors (Lipinski definition) is 5. The van der Waals surface area contributed by atoms with Gasteiger partial charge >= 0.3 is 0 Å². The summed E-state index contributed by atoms with van der Waals surface area (Å²) in [4.78, 5) is 4.27. The molecular formula is C10H19N3O2. The van der Waals surface area contributed by atoms with E-state index in [1.54, 1.807) is 0 Å². The van der Waals surface area contributed by atoms with E-state index >= 15 is 0 Å². The van der Waals surface area contributed by atoms with Crippen LogP contribution in [0.15, 0.2) is 16.8 Å². The quantitative estimate of drug-likeness (QED) is 0.504. The first-order valence-electron chi connectivity index (χ1n) is 5.16. The molecule has 0 aromatic carbocycles. The Morgan fingerprint density at radius 3 is 2.80 bits per heavy atom. The Bertz CT molecular complexity index is 261. The Hall–Kier alpha value is -1.07. The molecule has 5 heteroatoms. The van der Waals surface area contributed by atoms with Crippen molar-refractivity contribution < 1.29 is 10.2 Å². The first kappa shape index (κ1) is 12.0. The molecule has 4 N–H and O–H groups in total. The first-order valence-corrected chi connectivity index (χ1v) is 5.16. The maximum absolute atomic E-state index is 9.12. The van der Waals surface area contributed by atoms with Crippen LogP contribution >= 0.6 is 0 Å². The van der Waals surface area contributed by atoms with Gasteiger partial charge in [-0.1, -0.05) is 13.8 Å². The summed E-state index contributed by atoms with van der Waals surface area (Å²) in [5.41, 5.74) is 1.25. The topological polar surface area (TPSA) is 76.9 Å². The molecule has 1 unspecified atom stereocenters. The summed E-state index contributed by atoms with van der Waals surface area (Å²) in [6, 6.07) is 0. The number of guanidine groups is 1. The highest BCUT2D eigenvalue weighted by Gasteiger charge is 2.09. The third-order valence-corrected chi connectivity index (χ3v) is 2.27. The molecule has 1 aliphatic rings. The minimum absolute atomic E-state index is 0.243. The van der Waals surface area contributed by atoms with Gasteiger partial charge in [0.15, 0.2) is 5.96 Å². The molecule has 0 spiro atoms. The number of nitrogens with one attached hydrogen (secondary N) is 2. The van der Waals surface area contributed by atoms with Crippen molar-refractivity contribution in [3.63, 3.8) is 0 Å². The zero-order valence-corrected chi connectivity index (χ0v) is 9.20. The summed E-state index contributed by atoms with van der Waals surface area (Å²) in [6.45, 7) is 4.98. The maximum atomic E-state index is 9.12. The van der Waals surface area contributed by atoms with Gasteiger partial charge in [-0.3, -0.25) is 0 Å². The Balaban J connectivity index is 2.31. The summed E-state index contributed by atoms with van der Waals surface area (Å²) in [5.74, 6) is 1.14. The predicted octanol–water partition coefficient (Wildman–Crippen LogP) is -0.572. The fourth-order valence-electron chi connectivity index (χ4n) is 1.16. The minimum atomic E-state index is -0.745. The second-order valence-electron chi connectivity index (χ2n) is 3.90. The molecule has 86 valence electrons. The van der Waals surface area contributed by atoms with E-state index < -0.39 is 6.10 Å². The summed E-state index contributed by atoms with van der Waals surface area (Å²) in [6.07, 6.45) is 1.19. The van der Waals surface area contributed by atoms with Crippen LogP contribution in [0.3, 0.4) is 0 Å². The standard InChI is InChI=1S/C10H19N3O2/c1-7(2)8-3-11-10(12-4-8)13-5-9(15)6-14/h3,7,9,14-15H,4-6H2,1-2H3,(H2,11,12,13). The van der Waals surface area contributed by atoms with Crippen molar-refractivity contribution in [3.8, 4) is 0 Å². The van der Waals surface area contributed by atoms with Crippen molar-refractivity contribution in [3.05, 3.63) is 11.8 Å². The first-order chi connectivity index (χ1) is 7.13. The molecule has 0 saturated carbocycles. The average Bonchev–Trinajstić information content (AvgIpc) is 2.26. The molecule has 0 fully saturated rings. The molecule has 0 aliphatic carbocycles. The second-order valence-corrected chi connectivity index (χ2v) is 3.90. The average molecular weight is 213 g/mol. The van der Waals surface area contributed by atoms with Crippen LogP contribution in [0.1, 0.15) is 13.8 Å². The molecule has 1 rings (SSSR count). The van der Waals surface area contributed by atoms with Crippen molar-refractivity contribution in [2.24, 2.45) is 10.9 Å². The molecule has 0 amide bonds. The van der Waals surface area contributed by atoms with Gasteiger partial charge < -0.3 is 20.8 Å². The lowest BCUT2D eigenvalue weighted by Gasteiger charge is -2.19. The van der Waals surface area contributed by atoms with Crippen LogP contribution < -0.4 is 10.6 Å². The van der Waals surface area contributed by atoms with Crippen molar-refractivity contribution >= 4 is 5.96 Å². The lowest BCUT2D eigenvalue weighted by atomic mass is 10.0. The zero-order valence-electron chi connectivity index (χ0n) is 9.20. The van der Waals surface area contributed by atoms with Gasteiger partial charge in [0.05, 0.1) is 19.3 Å². The van der Waals surface area contributed by atoms with Crippen LogP contribution in [0.5, 0.6) is 0 Å². The molecule has 0 aromatic rings. The van der Waals surface area contributed by atoms with E-state index in [0.717, 1.165) is 0 Å². The Morgan fingerprint density at radius 1 is 1.60 bits per heavy atom. The Labute approximate surface area is 89.9 Å². The van der Waals surface area contributed by atoms with Gasteiger partial charge in [0.25, 0.3) is 0 Å². The monoisotopic (exact) mass is 213 g/mol. The zero-order chi connectivity index (χ0) is 11.3. The van der Waals surface area contributed by atoms with Gasteiger partial charge in [0, 0.05) is 12.7 Å². The second kappa shape index (κ2) is 5.72. The van der Waals surface area contributed by atoms with Gasteiger partial charge in [0.1, 0.15) is 0 Å². The molecule has 1 aliphatic heterocycles. The molecule has 5 nitrogen and oxygen atoms in total. The number of rotatable bonds is 4. The molecule has 0 radical (unpaired) electrons. The van der Waals surface area contributed by atoms with Crippen LogP contribution in [-0.2, 0) is 0 Å². The maximum Gasteiger partial charge on any atom is 0.195 e. The molecule has 0 saturated heterocycles. The highest BCUT2D eigenvalue weighted by atomic mass is 16.3. The summed E-state index contributed by atoms with van der Waals surface area (Å²) in [5, 5.41) is 23.7. The molecule has 1 heterocycles. The molecule has 0 bridgehead atoms. The van der Waals surface area contributed by atoms with Crippen LogP contribution in [0, 0.1) is 5.92 Å². The van der Waals surface area contributed by atoms with E-state index in [4.69, 9.17) is 10.2 Å². The van der Waals surface area contributed by atoms with Gasteiger partial charge in [-0.15, -0.1) is 0 Å². The predicted molar refractivity (Wildman–Crippen MR) is 59.5 cm³/mol. The fourth-order valence-corrected chi connectivity index (χ4v) is 1.16. The summed E-state index contributed by atoms with van der Waals surface area (Å²) in [7, 11) is 0. The lowest BCUT2D eigenvalue weighted by molar-refractivity contribution is 0.0981. The van der Waals surface area contributed by atoms with Crippen LogP contribution in [0.2, 0.25) is 0 Å². The van der Waals surface area contributed by atoms with Crippen molar-refractivity contribution in [2.75, 3.05) is 19.7 Å². The molecule has 0 aromatic heterocycles. The van der Waals surface area contributed by atoms with Crippen LogP contribution in [0.4, 0.5) is 0 Å². The number of aliphatic hydroxyl groups is 2. The van der Waals surface area contributed by atoms with Gasteiger partial charge in [-0.25, -0.2) is 4.99 Å². The smallest absolute Gasteiger partial charge is 0.195 e. The van der Waals surface area contributed by atoms with Gasteiger partial charge in [-0.05, 0) is 11.5 Å². The molecule has 1 atom stereocenters. The van der Waals surface area contributed by atoms with E-state index in [9.17, 15) is 0 Å². The minimum Gasteiger partial charge on any atom is -0.394 e. The van der Waals surface area contributed by atoms with E-state index in [-0.39, 0.29) is 6.61 Å². The molecular weight excluding hydrogens is 194 g/mol. The van der Waals surface area contributed by atoms with E-state index in [1.165, 1.54) is 5.57 Å². The largest absolute Gasteiger partial charge is 0.394 e. The highest BCUT2D eigenvalue weighted by Crippen LogP contribution is 2.10. The number of nitrogens with zero attached hydrogens (tertiary/aromatic N) is 1. The summed E-state index contributed by atoms with van der Waals surface area (Å²) >= 11 is 0. The van der Waals surface area contributed by atoms with Crippen molar-refractivity contribution in [1.82, 2.24) is 10.6 Å². The number of aliphatic imine (C=N–C) groups is 1. The number of aliphatic hydroxyl groups excluding tert-OH is 2. The van der Waals surface area contributed by atoms with Gasteiger partial charge in [0.2, 0.25) is 0 Å². The van der Waals surface area contributed by atoms with E-state index in [2.05, 4.69) is 29.5 Å². The third kappa shape index (κ3) is 3.89. The third-order valence-electron chi connectivity index (χ3n) is 2.27. The van der Waals surface area contributed by atoms with Crippen molar-refractivity contribution in [1.29, 1.82) is 0 Å². The highest BCUT2D eigenvalue weighted by molar-refractivity contribution is 5.81.